The SMILES string of the molecule is C=CC(=O)OCCC[Si]C(OCC)OCC. The first-order valence-corrected chi connectivity index (χ1v) is 6.78. The lowest BCUT2D eigenvalue weighted by atomic mass is 10.5. The van der Waals surface area contributed by atoms with Gasteiger partial charge in [0, 0.05) is 19.3 Å². The second-order valence-electron chi connectivity index (χ2n) is 2.92. The van der Waals surface area contributed by atoms with Crippen LogP contribution in [0.2, 0.25) is 6.04 Å². The van der Waals surface area contributed by atoms with Crippen molar-refractivity contribution in [1.29, 1.82) is 0 Å². The van der Waals surface area contributed by atoms with Gasteiger partial charge in [-0.15, -0.1) is 0 Å². The van der Waals surface area contributed by atoms with Crippen molar-refractivity contribution >= 4 is 15.5 Å². The average molecular weight is 244 g/mol. The zero-order valence-corrected chi connectivity index (χ0v) is 11.0. The highest BCUT2D eigenvalue weighted by Crippen LogP contribution is 1.99. The number of hydrogen-bond donors (Lipinski definition) is 0. The number of esters is 1. The maximum absolute atomic E-state index is 10.7. The zero-order chi connectivity index (χ0) is 12.2. The molecule has 0 aliphatic rings. The first kappa shape index (κ1) is 15.3. The van der Waals surface area contributed by atoms with Crippen molar-refractivity contribution in [3.8, 4) is 0 Å². The molecule has 0 unspecified atom stereocenters. The molecule has 4 nitrogen and oxygen atoms in total. The Bertz CT molecular complexity index is 190. The second kappa shape index (κ2) is 10.9. The first-order valence-electron chi connectivity index (χ1n) is 5.50. The Hall–Kier alpha value is -0.653. The summed E-state index contributed by atoms with van der Waals surface area (Å²) in [4.78, 5) is 10.7. The van der Waals surface area contributed by atoms with E-state index in [4.69, 9.17) is 14.2 Å². The van der Waals surface area contributed by atoms with Crippen LogP contribution in [0.15, 0.2) is 12.7 Å². The van der Waals surface area contributed by atoms with Gasteiger partial charge >= 0.3 is 5.97 Å². The molecule has 2 radical (unpaired) electrons. The molecule has 0 spiro atoms. The van der Waals surface area contributed by atoms with Gasteiger partial charge in [0.05, 0.1) is 6.61 Å². The highest BCUT2D eigenvalue weighted by Gasteiger charge is 2.08. The smallest absolute Gasteiger partial charge is 0.330 e. The third kappa shape index (κ3) is 8.64. The number of rotatable bonds is 10. The van der Waals surface area contributed by atoms with E-state index >= 15 is 0 Å². The molecule has 0 heterocycles. The third-order valence-electron chi connectivity index (χ3n) is 1.68. The molecule has 92 valence electrons. The van der Waals surface area contributed by atoms with Crippen LogP contribution in [0.25, 0.3) is 0 Å². The molecule has 0 N–H and O–H groups in total. The Morgan fingerprint density at radius 3 is 2.50 bits per heavy atom. The van der Waals surface area contributed by atoms with E-state index in [0.717, 1.165) is 12.5 Å². The monoisotopic (exact) mass is 244 g/mol. The zero-order valence-electron chi connectivity index (χ0n) is 10.0. The summed E-state index contributed by atoms with van der Waals surface area (Å²) in [5.74, 6) is -0.473. The van der Waals surface area contributed by atoms with Gasteiger partial charge in [0.25, 0.3) is 0 Å². The molecule has 0 aromatic rings. The molecule has 0 amide bonds. The normalized spacial score (nSPS) is 10.4. The number of carbonyl (C=O) groups excluding carboxylic acids is 1. The molecule has 0 aromatic heterocycles. The third-order valence-corrected chi connectivity index (χ3v) is 2.99. The molecule has 5 heteroatoms. The van der Waals surface area contributed by atoms with Crippen LogP contribution in [-0.2, 0) is 19.0 Å². The molecular formula is C11H20O4Si. The molecule has 0 aliphatic carbocycles. The van der Waals surface area contributed by atoms with E-state index in [1.165, 1.54) is 6.08 Å². The van der Waals surface area contributed by atoms with Gasteiger partial charge in [-0.05, 0) is 20.3 Å². The van der Waals surface area contributed by atoms with Crippen molar-refractivity contribution in [2.24, 2.45) is 0 Å². The van der Waals surface area contributed by atoms with E-state index in [1.807, 2.05) is 13.8 Å². The summed E-state index contributed by atoms with van der Waals surface area (Å²) in [5.41, 5.74) is 0. The Kier molecular flexibility index (Phi) is 10.4. The summed E-state index contributed by atoms with van der Waals surface area (Å²) >= 11 is 0. The summed E-state index contributed by atoms with van der Waals surface area (Å²) in [6.07, 6.45) is 2.00. The second-order valence-corrected chi connectivity index (χ2v) is 4.30. The molecule has 0 aliphatic heterocycles. The van der Waals surface area contributed by atoms with Crippen LogP contribution in [0.4, 0.5) is 0 Å². The topological polar surface area (TPSA) is 44.8 Å². The maximum Gasteiger partial charge on any atom is 0.330 e. The van der Waals surface area contributed by atoms with E-state index in [9.17, 15) is 4.79 Å². The summed E-state index contributed by atoms with van der Waals surface area (Å²) in [6, 6.07) is 0.940. The number of hydrogen-bond acceptors (Lipinski definition) is 4. The van der Waals surface area contributed by atoms with Crippen LogP contribution in [0, 0.1) is 0 Å². The number of ether oxygens (including phenoxy) is 3. The minimum Gasteiger partial charge on any atom is -0.463 e. The molecule has 0 saturated carbocycles. The fourth-order valence-electron chi connectivity index (χ4n) is 0.992. The van der Waals surface area contributed by atoms with E-state index in [1.54, 1.807) is 0 Å². The molecule has 0 fully saturated rings. The predicted octanol–water partition coefficient (Wildman–Crippen LogP) is 1.58. The van der Waals surface area contributed by atoms with Crippen LogP contribution < -0.4 is 0 Å². The fraction of sp³-hybridized carbons (Fsp3) is 0.727. The van der Waals surface area contributed by atoms with Crippen molar-refractivity contribution in [2.75, 3.05) is 19.8 Å². The molecular weight excluding hydrogens is 224 g/mol. The van der Waals surface area contributed by atoms with Crippen molar-refractivity contribution in [2.45, 2.75) is 32.2 Å². The molecule has 0 atom stereocenters. The van der Waals surface area contributed by atoms with E-state index in [0.29, 0.717) is 29.3 Å². The average Bonchev–Trinajstić information content (AvgIpc) is 2.28. The van der Waals surface area contributed by atoms with Gasteiger partial charge in [-0.3, -0.25) is 0 Å². The summed E-state index contributed by atoms with van der Waals surface area (Å²) in [6.45, 7) is 8.96. The van der Waals surface area contributed by atoms with Crippen molar-refractivity contribution in [3.63, 3.8) is 0 Å². The Morgan fingerprint density at radius 1 is 1.38 bits per heavy atom. The Morgan fingerprint density at radius 2 is 2.00 bits per heavy atom. The number of carbonyl (C=O) groups is 1. The van der Waals surface area contributed by atoms with E-state index < -0.39 is 0 Å². The summed E-state index contributed by atoms with van der Waals surface area (Å²) in [5, 5.41) is 0. The van der Waals surface area contributed by atoms with Crippen LogP contribution >= 0.6 is 0 Å². The first-order chi connectivity index (χ1) is 7.74. The minimum atomic E-state index is -0.366. The van der Waals surface area contributed by atoms with Gasteiger partial charge in [0.2, 0.25) is 0 Å². The standard InChI is InChI=1S/C11H20O4Si/c1-4-10(12)15-8-7-9-16-11(13-5-2)14-6-3/h4,11H,1,5-9H2,2-3H3. The van der Waals surface area contributed by atoms with Gasteiger partial charge in [0.15, 0.2) is 0 Å². The van der Waals surface area contributed by atoms with Gasteiger partial charge in [-0.2, -0.15) is 0 Å². The van der Waals surface area contributed by atoms with Gasteiger partial charge in [-0.25, -0.2) is 4.79 Å². The molecule has 0 aromatic carbocycles. The molecule has 16 heavy (non-hydrogen) atoms. The lowest BCUT2D eigenvalue weighted by Crippen LogP contribution is -2.24. The van der Waals surface area contributed by atoms with Gasteiger partial charge < -0.3 is 14.2 Å². The van der Waals surface area contributed by atoms with E-state index in [2.05, 4.69) is 6.58 Å². The van der Waals surface area contributed by atoms with Crippen LogP contribution in [0.3, 0.4) is 0 Å². The lowest BCUT2D eigenvalue weighted by Gasteiger charge is -2.15. The van der Waals surface area contributed by atoms with Crippen molar-refractivity contribution in [1.82, 2.24) is 0 Å². The van der Waals surface area contributed by atoms with Crippen LogP contribution in [-0.4, -0.2) is 41.2 Å². The summed E-state index contributed by atoms with van der Waals surface area (Å²) in [7, 11) is 0.579. The van der Waals surface area contributed by atoms with Gasteiger partial charge in [-0.1, -0.05) is 12.6 Å². The largest absolute Gasteiger partial charge is 0.463 e. The highest BCUT2D eigenvalue weighted by molar-refractivity contribution is 6.36. The maximum atomic E-state index is 10.7. The minimum absolute atomic E-state index is 0.106. The molecule has 0 bridgehead atoms. The summed E-state index contributed by atoms with van der Waals surface area (Å²) < 4.78 is 15.7. The predicted molar refractivity (Wildman–Crippen MR) is 63.4 cm³/mol. The van der Waals surface area contributed by atoms with Gasteiger partial charge in [0.1, 0.15) is 15.4 Å². The fourth-order valence-corrected chi connectivity index (χ4v) is 2.15. The Labute approximate surface area is 99.8 Å². The quantitative estimate of drug-likeness (QED) is 0.192. The van der Waals surface area contributed by atoms with Crippen molar-refractivity contribution < 1.29 is 19.0 Å². The van der Waals surface area contributed by atoms with Crippen molar-refractivity contribution in [3.05, 3.63) is 12.7 Å². The van der Waals surface area contributed by atoms with Crippen LogP contribution in [0.1, 0.15) is 20.3 Å². The molecule has 0 saturated heterocycles. The highest BCUT2D eigenvalue weighted by atomic mass is 28.2. The van der Waals surface area contributed by atoms with E-state index in [-0.39, 0.29) is 11.9 Å². The Balaban J connectivity index is 3.46. The van der Waals surface area contributed by atoms with Crippen LogP contribution in [0.5, 0.6) is 0 Å². The lowest BCUT2D eigenvalue weighted by molar-refractivity contribution is -0.137. The molecule has 0 rings (SSSR count).